The van der Waals surface area contributed by atoms with Crippen molar-refractivity contribution in [1.29, 1.82) is 0 Å². The van der Waals surface area contributed by atoms with Crippen molar-refractivity contribution in [2.75, 3.05) is 34.9 Å². The molecule has 172 valence electrons. The van der Waals surface area contributed by atoms with Crippen molar-refractivity contribution in [2.45, 2.75) is 37.3 Å². The molecule has 0 aromatic heterocycles. The van der Waals surface area contributed by atoms with E-state index in [1.807, 2.05) is 24.3 Å². The lowest BCUT2D eigenvalue weighted by Gasteiger charge is -2.45. The largest absolute Gasteiger partial charge is 0.497 e. The maximum absolute atomic E-state index is 13.9. The predicted molar refractivity (Wildman–Crippen MR) is 123 cm³/mol. The number of rotatable bonds is 6. The van der Waals surface area contributed by atoms with Gasteiger partial charge >= 0.3 is 0 Å². The van der Waals surface area contributed by atoms with E-state index in [2.05, 4.69) is 10.2 Å². The van der Waals surface area contributed by atoms with E-state index in [1.54, 1.807) is 39.3 Å². The van der Waals surface area contributed by atoms with Crippen LogP contribution >= 0.6 is 11.6 Å². The second-order valence-electron chi connectivity index (χ2n) is 8.80. The summed E-state index contributed by atoms with van der Waals surface area (Å²) in [6.07, 6.45) is 6.40. The highest BCUT2D eigenvalue weighted by atomic mass is 35.5. The van der Waals surface area contributed by atoms with Crippen molar-refractivity contribution in [3.8, 4) is 11.5 Å². The molecule has 32 heavy (non-hydrogen) atoms. The standard InChI is InChI=1S/C24H30ClN3O4/c1-27(2)22(29)13-17-6-5-9-28(17)24(15-10-18(31-3)14-19(11-15)32-4)20-12-16(25)7-8-21(20)26-23(24)30/h7-8,10-11,14,17,20H,5-6,9,12-13H2,1-4H3,(H,26,30)/t17-,20?,24?/m0/s1. The van der Waals surface area contributed by atoms with Crippen molar-refractivity contribution in [3.05, 3.63) is 46.6 Å². The van der Waals surface area contributed by atoms with Crippen molar-refractivity contribution in [3.63, 3.8) is 0 Å². The number of methoxy groups -OCH3 is 2. The van der Waals surface area contributed by atoms with Crippen LogP contribution in [-0.2, 0) is 15.1 Å². The molecule has 2 amide bonds. The third kappa shape index (κ3) is 3.67. The smallest absolute Gasteiger partial charge is 0.250 e. The number of amides is 2. The SMILES string of the molecule is COc1cc(OC)cc(C2(N3CCC[C@H]3CC(=O)N(C)C)C(=O)NC3=CC=C(Cl)CC32)c1. The lowest BCUT2D eigenvalue weighted by atomic mass is 9.73. The molecule has 7 nitrogen and oxygen atoms in total. The summed E-state index contributed by atoms with van der Waals surface area (Å²) in [7, 11) is 6.72. The van der Waals surface area contributed by atoms with Gasteiger partial charge in [0.1, 0.15) is 17.0 Å². The Morgan fingerprint density at radius 2 is 1.91 bits per heavy atom. The summed E-state index contributed by atoms with van der Waals surface area (Å²) in [5.41, 5.74) is 0.622. The summed E-state index contributed by atoms with van der Waals surface area (Å²) in [4.78, 5) is 30.3. The number of allylic oxidation sites excluding steroid dienone is 3. The number of ether oxygens (including phenoxy) is 2. The summed E-state index contributed by atoms with van der Waals surface area (Å²) in [6, 6.07) is 5.55. The van der Waals surface area contributed by atoms with E-state index in [9.17, 15) is 9.59 Å². The highest BCUT2D eigenvalue weighted by molar-refractivity contribution is 6.29. The van der Waals surface area contributed by atoms with E-state index < -0.39 is 5.54 Å². The van der Waals surface area contributed by atoms with Gasteiger partial charge in [0.15, 0.2) is 0 Å². The van der Waals surface area contributed by atoms with Gasteiger partial charge in [0, 0.05) is 49.3 Å². The van der Waals surface area contributed by atoms with Crippen LogP contribution in [0.25, 0.3) is 0 Å². The van der Waals surface area contributed by atoms with Gasteiger partial charge in [0.05, 0.1) is 14.2 Å². The Morgan fingerprint density at radius 1 is 1.22 bits per heavy atom. The van der Waals surface area contributed by atoms with Gasteiger partial charge in [0.25, 0.3) is 0 Å². The fraction of sp³-hybridized carbons (Fsp3) is 0.500. The van der Waals surface area contributed by atoms with Crippen molar-refractivity contribution in [1.82, 2.24) is 15.1 Å². The van der Waals surface area contributed by atoms with Gasteiger partial charge < -0.3 is 19.7 Å². The first-order valence-corrected chi connectivity index (χ1v) is 11.3. The molecule has 2 aliphatic heterocycles. The predicted octanol–water partition coefficient (Wildman–Crippen LogP) is 3.00. The summed E-state index contributed by atoms with van der Waals surface area (Å²) in [5.74, 6) is 0.978. The number of carbonyl (C=O) groups is 2. The molecule has 4 rings (SSSR count). The van der Waals surface area contributed by atoms with E-state index in [0.717, 1.165) is 24.1 Å². The van der Waals surface area contributed by atoms with Crippen LogP contribution in [0.2, 0.25) is 0 Å². The fourth-order valence-electron chi connectivity index (χ4n) is 5.31. The Hall–Kier alpha value is -2.51. The number of hydrogen-bond donors (Lipinski definition) is 1. The van der Waals surface area contributed by atoms with Crippen LogP contribution < -0.4 is 14.8 Å². The van der Waals surface area contributed by atoms with Crippen LogP contribution in [-0.4, -0.2) is 62.5 Å². The Labute approximate surface area is 194 Å². The molecule has 1 aromatic rings. The molecule has 0 spiro atoms. The third-order valence-electron chi connectivity index (χ3n) is 6.86. The lowest BCUT2D eigenvalue weighted by Crippen LogP contribution is -2.57. The zero-order chi connectivity index (χ0) is 23.0. The average Bonchev–Trinajstić information content (AvgIpc) is 3.34. The van der Waals surface area contributed by atoms with Gasteiger partial charge in [-0.15, -0.1) is 0 Å². The maximum Gasteiger partial charge on any atom is 0.250 e. The first-order valence-electron chi connectivity index (χ1n) is 10.9. The summed E-state index contributed by atoms with van der Waals surface area (Å²) in [6.45, 7) is 0.712. The van der Waals surface area contributed by atoms with E-state index in [0.29, 0.717) is 35.9 Å². The number of hydrogen-bond acceptors (Lipinski definition) is 5. The zero-order valence-electron chi connectivity index (χ0n) is 19.0. The number of likely N-dealkylation sites (tertiary alicyclic amines) is 1. The van der Waals surface area contributed by atoms with Gasteiger partial charge in [0.2, 0.25) is 11.8 Å². The molecule has 0 radical (unpaired) electrons. The number of halogens is 1. The monoisotopic (exact) mass is 459 g/mol. The first-order chi connectivity index (χ1) is 15.3. The van der Waals surface area contributed by atoms with E-state index in [1.165, 1.54) is 0 Å². The lowest BCUT2D eigenvalue weighted by molar-refractivity contribution is -0.137. The molecule has 8 heteroatoms. The highest BCUT2D eigenvalue weighted by Gasteiger charge is 2.60. The Balaban J connectivity index is 1.89. The zero-order valence-corrected chi connectivity index (χ0v) is 19.7. The molecule has 1 aromatic carbocycles. The molecule has 2 unspecified atom stereocenters. The molecule has 2 heterocycles. The summed E-state index contributed by atoms with van der Waals surface area (Å²) < 4.78 is 11.1. The molecule has 1 N–H and O–H groups in total. The van der Waals surface area contributed by atoms with Crippen LogP contribution in [0.15, 0.2) is 41.1 Å². The molecular formula is C24H30ClN3O4. The quantitative estimate of drug-likeness (QED) is 0.708. The number of carbonyl (C=O) groups excluding carboxylic acids is 2. The van der Waals surface area contributed by atoms with Crippen molar-refractivity contribution < 1.29 is 19.1 Å². The van der Waals surface area contributed by atoms with Gasteiger partial charge in [-0.25, -0.2) is 0 Å². The molecule has 3 atom stereocenters. The maximum atomic E-state index is 13.9. The minimum Gasteiger partial charge on any atom is -0.497 e. The van der Waals surface area contributed by atoms with E-state index in [4.69, 9.17) is 21.1 Å². The summed E-state index contributed by atoms with van der Waals surface area (Å²) >= 11 is 6.48. The van der Waals surface area contributed by atoms with Crippen LogP contribution in [0.4, 0.5) is 0 Å². The Morgan fingerprint density at radius 3 is 2.53 bits per heavy atom. The Kier molecular flexibility index (Phi) is 6.23. The molecule has 2 saturated heterocycles. The van der Waals surface area contributed by atoms with Crippen LogP contribution in [0.5, 0.6) is 11.5 Å². The number of nitrogens with one attached hydrogen (secondary N) is 1. The van der Waals surface area contributed by atoms with E-state index >= 15 is 0 Å². The van der Waals surface area contributed by atoms with Crippen LogP contribution in [0.1, 0.15) is 31.2 Å². The van der Waals surface area contributed by atoms with Crippen molar-refractivity contribution in [2.24, 2.45) is 5.92 Å². The second kappa shape index (κ2) is 8.79. The van der Waals surface area contributed by atoms with Gasteiger partial charge in [-0.3, -0.25) is 14.5 Å². The minimum absolute atomic E-state index is 0.0519. The minimum atomic E-state index is -1.02. The molecule has 1 aliphatic carbocycles. The van der Waals surface area contributed by atoms with Gasteiger partial charge in [-0.1, -0.05) is 11.6 Å². The average molecular weight is 460 g/mol. The molecule has 0 saturated carbocycles. The first kappa shape index (κ1) is 22.7. The highest BCUT2D eigenvalue weighted by Crippen LogP contribution is 2.52. The van der Waals surface area contributed by atoms with Crippen molar-refractivity contribution >= 4 is 23.4 Å². The fourth-order valence-corrected chi connectivity index (χ4v) is 5.53. The molecular weight excluding hydrogens is 430 g/mol. The Bertz CT molecular complexity index is 967. The summed E-state index contributed by atoms with van der Waals surface area (Å²) in [5, 5.41) is 3.82. The molecule has 3 aliphatic rings. The van der Waals surface area contributed by atoms with E-state index in [-0.39, 0.29) is 23.8 Å². The van der Waals surface area contributed by atoms with Gasteiger partial charge in [-0.2, -0.15) is 0 Å². The van der Waals surface area contributed by atoms with Gasteiger partial charge in [-0.05, 0) is 55.7 Å². The van der Waals surface area contributed by atoms with Crippen LogP contribution in [0, 0.1) is 5.92 Å². The second-order valence-corrected chi connectivity index (χ2v) is 9.28. The topological polar surface area (TPSA) is 71.1 Å². The number of nitrogens with zero attached hydrogens (tertiary/aromatic N) is 2. The number of benzene rings is 1. The number of fused-ring (bicyclic) bond motifs is 1. The molecule has 2 fully saturated rings. The van der Waals surface area contributed by atoms with Crippen LogP contribution in [0.3, 0.4) is 0 Å². The third-order valence-corrected chi connectivity index (χ3v) is 7.14. The normalized spacial score (nSPS) is 27.3. The molecule has 0 bridgehead atoms.